The third-order valence-electron chi connectivity index (χ3n) is 7.78. The highest BCUT2D eigenvalue weighted by Gasteiger charge is 2.44. The molecule has 0 bridgehead atoms. The number of hydrazine groups is 1. The molecule has 7 nitrogen and oxygen atoms in total. The average molecular weight is 504 g/mol. The van der Waals surface area contributed by atoms with Crippen LogP contribution in [0.4, 0.5) is 5.69 Å². The molecule has 7 heteroatoms. The van der Waals surface area contributed by atoms with Gasteiger partial charge in [0, 0.05) is 43.7 Å². The highest BCUT2D eigenvalue weighted by Crippen LogP contribution is 2.47. The molecule has 2 atom stereocenters. The summed E-state index contributed by atoms with van der Waals surface area (Å²) in [6.45, 7) is 12.2. The molecule has 0 spiro atoms. The molecule has 37 heavy (non-hydrogen) atoms. The third kappa shape index (κ3) is 3.88. The van der Waals surface area contributed by atoms with Gasteiger partial charge in [-0.3, -0.25) is 4.79 Å². The third-order valence-corrected chi connectivity index (χ3v) is 7.78. The summed E-state index contributed by atoms with van der Waals surface area (Å²) in [5.74, 6) is 0.494. The topological polar surface area (TPSA) is 78.2 Å². The zero-order valence-electron chi connectivity index (χ0n) is 22.6. The lowest BCUT2D eigenvalue weighted by Crippen LogP contribution is -2.49. The number of rotatable bonds is 6. The molecular weight excluding hydrogens is 466 g/mol. The first-order valence-corrected chi connectivity index (χ1v) is 13.2. The Balaban J connectivity index is 1.99. The van der Waals surface area contributed by atoms with E-state index in [1.165, 1.54) is 0 Å². The highest BCUT2D eigenvalue weighted by molar-refractivity contribution is 6.06. The van der Waals surface area contributed by atoms with Crippen LogP contribution in [0.1, 0.15) is 52.7 Å². The minimum atomic E-state index is -1.20. The van der Waals surface area contributed by atoms with Crippen LogP contribution in [0.3, 0.4) is 0 Å². The van der Waals surface area contributed by atoms with Crippen molar-refractivity contribution in [2.24, 2.45) is 7.05 Å². The van der Waals surface area contributed by atoms with Gasteiger partial charge in [0.05, 0.1) is 22.1 Å². The molecule has 0 fully saturated rings. The molecular formula is C30H37N3O4. The van der Waals surface area contributed by atoms with E-state index in [1.807, 2.05) is 54.1 Å². The van der Waals surface area contributed by atoms with Gasteiger partial charge in [-0.1, -0.05) is 45.0 Å². The number of fused-ring (bicyclic) bond motifs is 5. The summed E-state index contributed by atoms with van der Waals surface area (Å²) in [5.41, 5.74) is 1.49. The summed E-state index contributed by atoms with van der Waals surface area (Å²) in [6.07, 6.45) is -1.46. The van der Waals surface area contributed by atoms with Gasteiger partial charge in [0.2, 0.25) is 0 Å². The molecule has 0 saturated carbocycles. The van der Waals surface area contributed by atoms with Crippen molar-refractivity contribution in [2.45, 2.75) is 58.8 Å². The molecule has 1 aromatic heterocycles. The van der Waals surface area contributed by atoms with Crippen molar-refractivity contribution in [1.29, 1.82) is 0 Å². The summed E-state index contributed by atoms with van der Waals surface area (Å²) in [7, 11) is 1.92. The van der Waals surface area contributed by atoms with Crippen LogP contribution in [0.25, 0.3) is 32.6 Å². The lowest BCUT2D eigenvalue weighted by Gasteiger charge is -2.42. The molecule has 0 aliphatic carbocycles. The van der Waals surface area contributed by atoms with E-state index in [2.05, 4.69) is 30.8 Å². The summed E-state index contributed by atoms with van der Waals surface area (Å²) < 4.78 is 8.31. The maximum atomic E-state index is 14.4. The zero-order valence-corrected chi connectivity index (χ0v) is 22.6. The first-order valence-electron chi connectivity index (χ1n) is 13.2. The van der Waals surface area contributed by atoms with Gasteiger partial charge in [0.1, 0.15) is 23.6 Å². The van der Waals surface area contributed by atoms with Gasteiger partial charge in [0.25, 0.3) is 0 Å². The molecule has 3 aromatic carbocycles. The summed E-state index contributed by atoms with van der Waals surface area (Å²) in [4.78, 5) is 14.4. The molecule has 2 heterocycles. The first-order chi connectivity index (χ1) is 17.6. The lowest BCUT2D eigenvalue weighted by molar-refractivity contribution is -0.111. The number of aliphatic hydroxyl groups is 2. The van der Waals surface area contributed by atoms with E-state index in [0.29, 0.717) is 27.6 Å². The molecule has 196 valence electrons. The minimum Gasteiger partial charge on any atom is -0.484 e. The Bertz CT molecular complexity index is 1550. The molecule has 4 aromatic rings. The second-order valence-electron chi connectivity index (χ2n) is 10.5. The zero-order chi connectivity index (χ0) is 26.6. The van der Waals surface area contributed by atoms with Crippen molar-refractivity contribution in [3.05, 3.63) is 58.3 Å². The quantitative estimate of drug-likeness (QED) is 0.288. The van der Waals surface area contributed by atoms with Crippen LogP contribution in [-0.2, 0) is 7.05 Å². The Kier molecular flexibility index (Phi) is 6.42. The molecule has 0 saturated heterocycles. The minimum absolute atomic E-state index is 0.0913. The van der Waals surface area contributed by atoms with Gasteiger partial charge in [-0.15, -0.1) is 0 Å². The van der Waals surface area contributed by atoms with E-state index in [4.69, 9.17) is 4.74 Å². The largest absolute Gasteiger partial charge is 0.484 e. The van der Waals surface area contributed by atoms with Crippen molar-refractivity contribution in [1.82, 2.24) is 9.58 Å². The highest BCUT2D eigenvalue weighted by atomic mass is 16.5. The Labute approximate surface area is 217 Å². The van der Waals surface area contributed by atoms with Crippen LogP contribution < -0.4 is 15.2 Å². The fourth-order valence-corrected chi connectivity index (χ4v) is 5.81. The van der Waals surface area contributed by atoms with Crippen LogP contribution in [0, 0.1) is 0 Å². The van der Waals surface area contributed by atoms with E-state index in [-0.39, 0.29) is 5.43 Å². The van der Waals surface area contributed by atoms with E-state index in [9.17, 15) is 15.0 Å². The number of anilines is 1. The van der Waals surface area contributed by atoms with Crippen molar-refractivity contribution in [3.63, 3.8) is 0 Å². The fraction of sp³-hybridized carbons (Fsp3) is 0.433. The monoisotopic (exact) mass is 503 g/mol. The van der Waals surface area contributed by atoms with E-state index < -0.39 is 17.8 Å². The van der Waals surface area contributed by atoms with E-state index in [1.54, 1.807) is 13.8 Å². The molecule has 1 aliphatic rings. The van der Waals surface area contributed by atoms with E-state index in [0.717, 1.165) is 48.0 Å². The number of pyridine rings is 1. The molecule has 0 radical (unpaired) electrons. The maximum absolute atomic E-state index is 14.4. The van der Waals surface area contributed by atoms with Gasteiger partial charge in [-0.25, -0.2) is 5.01 Å². The van der Waals surface area contributed by atoms with Crippen LogP contribution in [0.5, 0.6) is 5.75 Å². The first kappa shape index (κ1) is 25.5. The number of nitrogens with zero attached hydrogens (tertiary/aromatic N) is 3. The summed E-state index contributed by atoms with van der Waals surface area (Å²) in [5, 5.41) is 29.9. The smallest absolute Gasteiger partial charge is 0.199 e. The predicted molar refractivity (Wildman–Crippen MR) is 150 cm³/mol. The predicted octanol–water partition coefficient (Wildman–Crippen LogP) is 4.88. The number of aromatic nitrogens is 1. The Morgan fingerprint density at radius 1 is 1.03 bits per heavy atom. The van der Waals surface area contributed by atoms with Gasteiger partial charge in [-0.2, -0.15) is 0 Å². The Morgan fingerprint density at radius 3 is 2.30 bits per heavy atom. The molecule has 1 aliphatic heterocycles. The normalized spacial score (nSPS) is 18.9. The van der Waals surface area contributed by atoms with Gasteiger partial charge in [0.15, 0.2) is 5.43 Å². The Morgan fingerprint density at radius 2 is 1.68 bits per heavy atom. The molecule has 2 unspecified atom stereocenters. The maximum Gasteiger partial charge on any atom is 0.199 e. The molecule has 2 N–H and O–H groups in total. The summed E-state index contributed by atoms with van der Waals surface area (Å²) >= 11 is 0. The van der Waals surface area contributed by atoms with E-state index >= 15 is 0 Å². The Hall–Kier alpha value is -3.13. The van der Waals surface area contributed by atoms with Crippen LogP contribution in [-0.4, -0.2) is 51.1 Å². The number of hydrogen-bond acceptors (Lipinski definition) is 6. The second kappa shape index (κ2) is 9.31. The van der Waals surface area contributed by atoms with Crippen molar-refractivity contribution in [2.75, 3.05) is 24.6 Å². The number of ether oxygens (including phenoxy) is 1. The summed E-state index contributed by atoms with van der Waals surface area (Å²) in [6, 6.07) is 13.9. The van der Waals surface area contributed by atoms with Crippen molar-refractivity contribution in [3.8, 4) is 5.75 Å². The number of benzene rings is 3. The fourth-order valence-electron chi connectivity index (χ4n) is 5.81. The van der Waals surface area contributed by atoms with Gasteiger partial charge >= 0.3 is 0 Å². The molecule has 0 amide bonds. The average Bonchev–Trinajstić information content (AvgIpc) is 2.88. The van der Waals surface area contributed by atoms with Crippen molar-refractivity contribution < 1.29 is 14.9 Å². The second-order valence-corrected chi connectivity index (χ2v) is 10.5. The number of hydrogen-bond donors (Lipinski definition) is 2. The lowest BCUT2D eigenvalue weighted by atomic mass is 9.86. The van der Waals surface area contributed by atoms with Crippen LogP contribution >= 0.6 is 0 Å². The molecule has 5 rings (SSSR count). The SMILES string of the molecule is CCCN(c1cc2c(c3c1c(=O)c1cc4ccccc4cc1n3C)C(O)C(O)C(C)(C)O2)N(CC)CC. The van der Waals surface area contributed by atoms with Crippen molar-refractivity contribution >= 4 is 38.3 Å². The van der Waals surface area contributed by atoms with Crippen LogP contribution in [0.15, 0.2) is 47.3 Å². The standard InChI is InChI=1S/C30H37N3O4/c1-7-14-33(32(8-2)9-3)22-17-23-25(28(35)29(36)30(4,5)37-23)26-24(22)27(34)20-15-18-12-10-11-13-19(18)16-21(20)31(26)6/h10-13,15-17,28-29,35-36H,7-9,14H2,1-6H3. The van der Waals surface area contributed by atoms with Gasteiger partial charge in [-0.05, 0) is 43.2 Å². The van der Waals surface area contributed by atoms with Crippen LogP contribution in [0.2, 0.25) is 0 Å². The van der Waals surface area contributed by atoms with Gasteiger partial charge < -0.3 is 24.5 Å². The number of aryl methyl sites for hydroxylation is 1. The number of aliphatic hydroxyl groups excluding tert-OH is 2.